The van der Waals surface area contributed by atoms with Crippen LogP contribution in [0, 0.1) is 0 Å². The second-order valence-corrected chi connectivity index (χ2v) is 5.96. The third-order valence-corrected chi connectivity index (χ3v) is 3.96. The van der Waals surface area contributed by atoms with Crippen molar-refractivity contribution >= 4 is 5.91 Å². The van der Waals surface area contributed by atoms with Gasteiger partial charge in [-0.2, -0.15) is 0 Å². The maximum absolute atomic E-state index is 12.3. The highest BCUT2D eigenvalue weighted by molar-refractivity contribution is 5.82. The predicted molar refractivity (Wildman–Crippen MR) is 77.9 cm³/mol. The lowest BCUT2D eigenvalue weighted by molar-refractivity contribution is -0.136. The summed E-state index contributed by atoms with van der Waals surface area (Å²) in [5.41, 5.74) is 5.92. The molecule has 0 saturated carbocycles. The summed E-state index contributed by atoms with van der Waals surface area (Å²) in [4.78, 5) is 13.9. The molecule has 0 spiro atoms. The van der Waals surface area contributed by atoms with Gasteiger partial charge in [-0.15, -0.1) is 0 Å². The summed E-state index contributed by atoms with van der Waals surface area (Å²) >= 11 is 0. The van der Waals surface area contributed by atoms with Crippen molar-refractivity contribution in [1.82, 2.24) is 4.90 Å². The first-order chi connectivity index (χ1) is 9.78. The summed E-state index contributed by atoms with van der Waals surface area (Å²) in [7, 11) is 0. The predicted octanol–water partition coefficient (Wildman–Crippen LogP) is 0.341. The van der Waals surface area contributed by atoms with Crippen molar-refractivity contribution in [2.75, 3.05) is 13.1 Å². The first-order valence-electron chi connectivity index (χ1n) is 7.06. The van der Waals surface area contributed by atoms with E-state index in [-0.39, 0.29) is 17.4 Å². The Kier molecular flexibility index (Phi) is 4.39. The molecule has 1 atom stereocenters. The molecule has 0 unspecified atom stereocenters. The number of aliphatic hydroxyl groups is 1. The van der Waals surface area contributed by atoms with Crippen LogP contribution in [-0.2, 0) is 11.2 Å². The Bertz CT molecular complexity index is 520. The lowest BCUT2D eigenvalue weighted by Crippen LogP contribution is -2.51. The monoisotopic (exact) mass is 294 g/mol. The molecular weight excluding hydrogens is 272 g/mol. The van der Waals surface area contributed by atoms with Crippen molar-refractivity contribution in [2.45, 2.75) is 37.8 Å². The molecule has 5 N–H and O–H groups in total. The number of rotatable bonds is 3. The minimum atomic E-state index is -0.705. The van der Waals surface area contributed by atoms with E-state index < -0.39 is 11.6 Å². The number of nitrogens with two attached hydrogens (primary N) is 1. The van der Waals surface area contributed by atoms with Gasteiger partial charge in [0.2, 0.25) is 5.91 Å². The Labute approximate surface area is 123 Å². The average molecular weight is 294 g/mol. The number of phenols is 2. The highest BCUT2D eigenvalue weighted by atomic mass is 16.3. The molecule has 1 aliphatic heterocycles. The van der Waals surface area contributed by atoms with Crippen molar-refractivity contribution in [2.24, 2.45) is 5.73 Å². The van der Waals surface area contributed by atoms with Gasteiger partial charge in [-0.25, -0.2) is 0 Å². The summed E-state index contributed by atoms with van der Waals surface area (Å²) in [6.45, 7) is 2.77. The van der Waals surface area contributed by atoms with Gasteiger partial charge in [0.05, 0.1) is 11.6 Å². The van der Waals surface area contributed by atoms with Gasteiger partial charge in [0, 0.05) is 13.1 Å². The Morgan fingerprint density at radius 3 is 2.52 bits per heavy atom. The number of hydrogen-bond donors (Lipinski definition) is 4. The smallest absolute Gasteiger partial charge is 0.239 e. The zero-order valence-corrected chi connectivity index (χ0v) is 12.1. The lowest BCUT2D eigenvalue weighted by Gasteiger charge is -2.36. The quantitative estimate of drug-likeness (QED) is 0.601. The number of carbonyl (C=O) groups is 1. The number of nitrogens with zero attached hydrogens (tertiary/aromatic N) is 1. The number of likely N-dealkylation sites (tertiary alicyclic amines) is 1. The van der Waals surface area contributed by atoms with Crippen LogP contribution in [0.2, 0.25) is 0 Å². The Morgan fingerprint density at radius 2 is 1.95 bits per heavy atom. The van der Waals surface area contributed by atoms with E-state index in [9.17, 15) is 20.1 Å². The molecule has 0 aromatic heterocycles. The number of amides is 1. The normalized spacial score (nSPS) is 19.3. The van der Waals surface area contributed by atoms with Gasteiger partial charge in [-0.05, 0) is 43.9 Å². The van der Waals surface area contributed by atoms with Gasteiger partial charge in [0.1, 0.15) is 0 Å². The standard InChI is InChI=1S/C15H22N2O4/c1-15(21)4-6-17(7-5-15)14(20)11(16)8-10-2-3-12(18)13(19)9-10/h2-3,9,11,18-19,21H,4-8,16H2,1H3/t11-/m0/s1. The molecule has 1 aliphatic rings. The molecule has 1 fully saturated rings. The molecule has 21 heavy (non-hydrogen) atoms. The number of benzene rings is 1. The minimum Gasteiger partial charge on any atom is -0.504 e. The Hall–Kier alpha value is -1.79. The number of hydrogen-bond acceptors (Lipinski definition) is 5. The van der Waals surface area contributed by atoms with E-state index in [1.165, 1.54) is 12.1 Å². The summed E-state index contributed by atoms with van der Waals surface area (Å²) < 4.78 is 0. The summed E-state index contributed by atoms with van der Waals surface area (Å²) in [6, 6.07) is 3.71. The van der Waals surface area contributed by atoms with E-state index in [0.717, 1.165) is 0 Å². The second kappa shape index (κ2) is 5.91. The van der Waals surface area contributed by atoms with Crippen molar-refractivity contribution in [3.63, 3.8) is 0 Å². The molecule has 1 aromatic carbocycles. The summed E-state index contributed by atoms with van der Waals surface area (Å²) in [5, 5.41) is 28.6. The van der Waals surface area contributed by atoms with Gasteiger partial charge in [-0.1, -0.05) is 6.07 Å². The molecule has 2 rings (SSSR count). The van der Waals surface area contributed by atoms with E-state index in [1.807, 2.05) is 0 Å². The third-order valence-electron chi connectivity index (χ3n) is 3.96. The molecule has 1 aromatic rings. The molecule has 6 nitrogen and oxygen atoms in total. The number of piperidine rings is 1. The number of phenolic OH excluding ortho intramolecular Hbond substituents is 2. The zero-order valence-electron chi connectivity index (χ0n) is 12.1. The molecule has 0 bridgehead atoms. The van der Waals surface area contributed by atoms with Crippen LogP contribution in [0.3, 0.4) is 0 Å². The summed E-state index contributed by atoms with van der Waals surface area (Å²) in [6.07, 6.45) is 1.39. The molecule has 1 amide bonds. The zero-order chi connectivity index (χ0) is 15.6. The van der Waals surface area contributed by atoms with E-state index in [0.29, 0.717) is 37.9 Å². The SMILES string of the molecule is CC1(O)CCN(C(=O)[C@@H](N)Cc2ccc(O)c(O)c2)CC1. The maximum Gasteiger partial charge on any atom is 0.239 e. The molecule has 0 radical (unpaired) electrons. The van der Waals surface area contributed by atoms with E-state index in [4.69, 9.17) is 5.73 Å². The van der Waals surface area contributed by atoms with Crippen LogP contribution in [-0.4, -0.2) is 50.9 Å². The van der Waals surface area contributed by atoms with E-state index in [2.05, 4.69) is 0 Å². The van der Waals surface area contributed by atoms with Crippen LogP contribution in [0.1, 0.15) is 25.3 Å². The van der Waals surface area contributed by atoms with Gasteiger partial charge >= 0.3 is 0 Å². The number of aromatic hydroxyl groups is 2. The third kappa shape index (κ3) is 3.86. The van der Waals surface area contributed by atoms with Crippen LogP contribution in [0.15, 0.2) is 18.2 Å². The van der Waals surface area contributed by atoms with Gasteiger partial charge < -0.3 is 26.0 Å². The molecule has 1 saturated heterocycles. The van der Waals surface area contributed by atoms with Crippen LogP contribution >= 0.6 is 0 Å². The van der Waals surface area contributed by atoms with E-state index in [1.54, 1.807) is 17.9 Å². The van der Waals surface area contributed by atoms with Gasteiger partial charge in [-0.3, -0.25) is 4.79 Å². The van der Waals surface area contributed by atoms with Gasteiger partial charge in [0.25, 0.3) is 0 Å². The molecule has 116 valence electrons. The number of carbonyl (C=O) groups excluding carboxylic acids is 1. The molecule has 0 aliphatic carbocycles. The minimum absolute atomic E-state index is 0.155. The fourth-order valence-corrected chi connectivity index (χ4v) is 2.48. The van der Waals surface area contributed by atoms with E-state index >= 15 is 0 Å². The Balaban J connectivity index is 1.95. The fraction of sp³-hybridized carbons (Fsp3) is 0.533. The van der Waals surface area contributed by atoms with Crippen molar-refractivity contribution in [1.29, 1.82) is 0 Å². The van der Waals surface area contributed by atoms with Gasteiger partial charge in [0.15, 0.2) is 11.5 Å². The Morgan fingerprint density at radius 1 is 1.33 bits per heavy atom. The molecule has 6 heteroatoms. The fourth-order valence-electron chi connectivity index (χ4n) is 2.48. The van der Waals surface area contributed by atoms with Crippen molar-refractivity contribution < 1.29 is 20.1 Å². The highest BCUT2D eigenvalue weighted by Gasteiger charge is 2.31. The maximum atomic E-state index is 12.3. The summed E-state index contributed by atoms with van der Waals surface area (Å²) in [5.74, 6) is -0.573. The van der Waals surface area contributed by atoms with Crippen LogP contribution < -0.4 is 5.73 Å². The van der Waals surface area contributed by atoms with Crippen molar-refractivity contribution in [3.8, 4) is 11.5 Å². The topological polar surface area (TPSA) is 107 Å². The first-order valence-corrected chi connectivity index (χ1v) is 7.06. The second-order valence-electron chi connectivity index (χ2n) is 5.96. The van der Waals surface area contributed by atoms with Crippen LogP contribution in [0.5, 0.6) is 11.5 Å². The lowest BCUT2D eigenvalue weighted by atomic mass is 9.93. The van der Waals surface area contributed by atoms with Crippen LogP contribution in [0.25, 0.3) is 0 Å². The molecular formula is C15H22N2O4. The van der Waals surface area contributed by atoms with Crippen LogP contribution in [0.4, 0.5) is 0 Å². The largest absolute Gasteiger partial charge is 0.504 e. The van der Waals surface area contributed by atoms with Crippen molar-refractivity contribution in [3.05, 3.63) is 23.8 Å². The highest BCUT2D eigenvalue weighted by Crippen LogP contribution is 2.26. The first kappa shape index (κ1) is 15.6. The molecule has 1 heterocycles. The average Bonchev–Trinajstić information content (AvgIpc) is 2.42.